The van der Waals surface area contributed by atoms with Crippen molar-refractivity contribution in [2.75, 3.05) is 13.2 Å². The largest absolute Gasteiger partial charge is 0.422 e. The first-order chi connectivity index (χ1) is 7.68. The second-order valence-electron chi connectivity index (χ2n) is 3.47. The molecule has 2 atom stereocenters. The molecule has 0 radical (unpaired) electrons. The van der Waals surface area contributed by atoms with Gasteiger partial charge in [0.05, 0.1) is 12.7 Å². The third-order valence-corrected chi connectivity index (χ3v) is 2.20. The Morgan fingerprint density at radius 2 is 1.71 bits per heavy atom. The van der Waals surface area contributed by atoms with Crippen molar-refractivity contribution >= 4 is 0 Å². The van der Waals surface area contributed by atoms with Crippen LogP contribution in [0.4, 0.5) is 30.7 Å². The molecule has 0 aromatic carbocycles. The van der Waals surface area contributed by atoms with Gasteiger partial charge in [-0.2, -0.15) is 17.6 Å². The highest BCUT2D eigenvalue weighted by molar-refractivity contribution is 4.87. The third-order valence-electron chi connectivity index (χ3n) is 2.20. The van der Waals surface area contributed by atoms with Crippen LogP contribution in [0.2, 0.25) is 0 Å². The smallest absolute Gasteiger partial charge is 0.376 e. The van der Waals surface area contributed by atoms with E-state index in [1.54, 1.807) is 0 Å². The number of ether oxygens (including phenoxy) is 2. The summed E-state index contributed by atoms with van der Waals surface area (Å²) in [6.07, 6.45) is -14.3. The summed E-state index contributed by atoms with van der Waals surface area (Å²) in [5.74, 6) is -5.59. The average molecular weight is 270 g/mol. The molecule has 17 heavy (non-hydrogen) atoms. The lowest BCUT2D eigenvalue weighted by molar-refractivity contribution is -0.375. The van der Waals surface area contributed by atoms with Crippen LogP contribution in [-0.2, 0) is 9.47 Å². The fourth-order valence-corrected chi connectivity index (χ4v) is 1.03. The van der Waals surface area contributed by atoms with Gasteiger partial charge in [-0.1, -0.05) is 0 Å². The van der Waals surface area contributed by atoms with Crippen molar-refractivity contribution < 1.29 is 40.2 Å². The zero-order valence-corrected chi connectivity index (χ0v) is 8.32. The predicted molar refractivity (Wildman–Crippen MR) is 41.1 cm³/mol. The maximum Gasteiger partial charge on any atom is 0.422 e. The van der Waals surface area contributed by atoms with Crippen molar-refractivity contribution in [3.05, 3.63) is 0 Å². The van der Waals surface area contributed by atoms with Crippen LogP contribution in [0.25, 0.3) is 0 Å². The van der Waals surface area contributed by atoms with Crippen LogP contribution in [0.1, 0.15) is 6.42 Å². The summed E-state index contributed by atoms with van der Waals surface area (Å²) >= 11 is 0. The van der Waals surface area contributed by atoms with Crippen LogP contribution in [0.5, 0.6) is 0 Å². The average Bonchev–Trinajstić information content (AvgIpc) is 2.13. The predicted octanol–water partition coefficient (Wildman–Crippen LogP) is 2.62. The zero-order chi connectivity index (χ0) is 13.3. The molecule has 1 aliphatic heterocycles. The van der Waals surface area contributed by atoms with Gasteiger partial charge >= 0.3 is 12.0 Å². The number of hydrogen-bond acceptors (Lipinski definition) is 2. The van der Waals surface area contributed by atoms with Crippen molar-refractivity contribution in [1.29, 1.82) is 0 Å². The molecule has 102 valence electrons. The van der Waals surface area contributed by atoms with Crippen LogP contribution in [0.3, 0.4) is 0 Å². The summed E-state index contributed by atoms with van der Waals surface area (Å²) in [6, 6.07) is 0. The zero-order valence-electron chi connectivity index (χ0n) is 8.32. The fourth-order valence-electron chi connectivity index (χ4n) is 1.03. The Bertz CT molecular complexity index is 254. The molecule has 0 saturated carbocycles. The van der Waals surface area contributed by atoms with Gasteiger partial charge in [0.15, 0.2) is 0 Å². The molecular weight excluding hydrogens is 261 g/mol. The lowest BCUT2D eigenvalue weighted by atomic mass is 10.2. The number of hydrogen-bond donors (Lipinski definition) is 0. The molecule has 1 saturated heterocycles. The van der Waals surface area contributed by atoms with Gasteiger partial charge in [0.25, 0.3) is 6.43 Å². The molecule has 9 heteroatoms. The summed E-state index contributed by atoms with van der Waals surface area (Å²) < 4.78 is 94.5. The van der Waals surface area contributed by atoms with Gasteiger partial charge in [-0.15, -0.1) is 0 Å². The minimum absolute atomic E-state index is 0.277. The Morgan fingerprint density at radius 3 is 2.06 bits per heavy atom. The second kappa shape index (κ2) is 4.97. The molecule has 0 N–H and O–H groups in total. The van der Waals surface area contributed by atoms with E-state index in [-0.39, 0.29) is 6.61 Å². The van der Waals surface area contributed by atoms with E-state index in [2.05, 4.69) is 9.47 Å². The minimum atomic E-state index is -5.59. The molecule has 0 bridgehead atoms. The highest BCUT2D eigenvalue weighted by atomic mass is 19.3. The third kappa shape index (κ3) is 3.01. The SMILES string of the molecule is FC(F)C(F)C(F)(F)C(F)(F)OCC1CCO1. The van der Waals surface area contributed by atoms with Crippen molar-refractivity contribution in [3.8, 4) is 0 Å². The molecule has 0 aromatic rings. The van der Waals surface area contributed by atoms with Crippen LogP contribution < -0.4 is 0 Å². The van der Waals surface area contributed by atoms with E-state index in [1.165, 1.54) is 0 Å². The topological polar surface area (TPSA) is 18.5 Å². The minimum Gasteiger partial charge on any atom is -0.376 e. The maximum absolute atomic E-state index is 12.7. The van der Waals surface area contributed by atoms with Crippen molar-refractivity contribution in [3.63, 3.8) is 0 Å². The molecule has 1 heterocycles. The monoisotopic (exact) mass is 270 g/mol. The van der Waals surface area contributed by atoms with Crippen LogP contribution >= 0.6 is 0 Å². The number of alkyl halides is 7. The summed E-state index contributed by atoms with van der Waals surface area (Å²) in [4.78, 5) is 0. The van der Waals surface area contributed by atoms with Gasteiger partial charge in [-0.3, -0.25) is 0 Å². The Morgan fingerprint density at radius 1 is 1.18 bits per heavy atom. The lowest BCUT2D eigenvalue weighted by Gasteiger charge is -2.32. The number of rotatable bonds is 6. The quantitative estimate of drug-likeness (QED) is 0.691. The molecule has 1 rings (SSSR count). The van der Waals surface area contributed by atoms with E-state index >= 15 is 0 Å². The Balaban J connectivity index is 2.58. The highest BCUT2D eigenvalue weighted by Crippen LogP contribution is 2.41. The standard InChI is InChI=1S/C8H9F7O2/c9-5(6(10)11)7(12,13)8(14,15)17-3-4-1-2-16-4/h4-6H,1-3H2. The van der Waals surface area contributed by atoms with Crippen molar-refractivity contribution in [2.45, 2.75) is 37.2 Å². The van der Waals surface area contributed by atoms with Gasteiger partial charge in [0, 0.05) is 6.61 Å². The lowest BCUT2D eigenvalue weighted by Crippen LogP contribution is -2.53. The van der Waals surface area contributed by atoms with Gasteiger partial charge in [0.1, 0.15) is 0 Å². The Kier molecular flexibility index (Phi) is 4.23. The molecule has 2 unspecified atom stereocenters. The summed E-state index contributed by atoms with van der Waals surface area (Å²) in [6.45, 7) is -0.628. The molecular formula is C8H9F7O2. The van der Waals surface area contributed by atoms with Gasteiger partial charge in [-0.25, -0.2) is 13.2 Å². The fraction of sp³-hybridized carbons (Fsp3) is 1.00. The first-order valence-corrected chi connectivity index (χ1v) is 4.62. The van der Waals surface area contributed by atoms with E-state index in [1.807, 2.05) is 0 Å². The van der Waals surface area contributed by atoms with Crippen LogP contribution in [0, 0.1) is 0 Å². The normalized spacial score (nSPS) is 23.6. The van der Waals surface area contributed by atoms with Gasteiger partial charge < -0.3 is 9.47 Å². The maximum atomic E-state index is 12.7. The van der Waals surface area contributed by atoms with E-state index in [0.29, 0.717) is 6.42 Å². The van der Waals surface area contributed by atoms with E-state index in [0.717, 1.165) is 0 Å². The van der Waals surface area contributed by atoms with Gasteiger partial charge in [0.2, 0.25) is 6.17 Å². The number of halogens is 7. The van der Waals surface area contributed by atoms with Crippen LogP contribution in [0.15, 0.2) is 0 Å². The Hall–Kier alpha value is -0.570. The van der Waals surface area contributed by atoms with E-state index in [4.69, 9.17) is 0 Å². The van der Waals surface area contributed by atoms with Crippen LogP contribution in [-0.4, -0.2) is 43.9 Å². The molecule has 0 spiro atoms. The first-order valence-electron chi connectivity index (χ1n) is 4.62. The molecule has 2 nitrogen and oxygen atoms in total. The van der Waals surface area contributed by atoms with Gasteiger partial charge in [-0.05, 0) is 6.42 Å². The highest BCUT2D eigenvalue weighted by Gasteiger charge is 2.66. The summed E-state index contributed by atoms with van der Waals surface area (Å²) in [5, 5.41) is 0. The Labute approximate surface area is 91.7 Å². The second-order valence-corrected chi connectivity index (χ2v) is 3.47. The molecule has 1 aliphatic rings. The van der Waals surface area contributed by atoms with E-state index < -0.39 is 37.3 Å². The first kappa shape index (κ1) is 14.5. The molecule has 0 aromatic heterocycles. The molecule has 1 fully saturated rings. The molecule has 0 amide bonds. The van der Waals surface area contributed by atoms with Crippen molar-refractivity contribution in [1.82, 2.24) is 0 Å². The summed E-state index contributed by atoms with van der Waals surface area (Å²) in [5.41, 5.74) is 0. The van der Waals surface area contributed by atoms with E-state index in [9.17, 15) is 30.7 Å². The van der Waals surface area contributed by atoms with Crippen molar-refractivity contribution in [2.24, 2.45) is 0 Å². The molecule has 0 aliphatic carbocycles. The summed E-state index contributed by atoms with van der Waals surface area (Å²) in [7, 11) is 0.